The van der Waals surface area contributed by atoms with E-state index >= 15 is 0 Å². The van der Waals surface area contributed by atoms with Gasteiger partial charge in [0.05, 0.1) is 5.60 Å². The van der Waals surface area contributed by atoms with E-state index in [1.807, 2.05) is 0 Å². The molecule has 0 radical (unpaired) electrons. The third-order valence-electron chi connectivity index (χ3n) is 3.80. The first kappa shape index (κ1) is 13.6. The van der Waals surface area contributed by atoms with Crippen molar-refractivity contribution in [2.45, 2.75) is 51.0 Å². The van der Waals surface area contributed by atoms with Crippen LogP contribution in [0.4, 0.5) is 0 Å². The monoisotopic (exact) mass is 247 g/mol. The molecule has 2 N–H and O–H groups in total. The molecule has 18 heavy (non-hydrogen) atoms. The molecule has 2 nitrogen and oxygen atoms in total. The van der Waals surface area contributed by atoms with Gasteiger partial charge in [0, 0.05) is 13.0 Å². The molecule has 1 aliphatic rings. The number of β-amino-alcohol motifs (C(OH)–C–C–N with tert-alkyl or cyclic N) is 1. The molecular weight excluding hydrogens is 222 g/mol. The number of benzene rings is 1. The summed E-state index contributed by atoms with van der Waals surface area (Å²) in [7, 11) is 0. The van der Waals surface area contributed by atoms with Crippen LogP contribution in [0.15, 0.2) is 24.3 Å². The van der Waals surface area contributed by atoms with Crippen molar-refractivity contribution < 1.29 is 5.11 Å². The minimum absolute atomic E-state index is 0.196. The molecule has 1 unspecified atom stereocenters. The Morgan fingerprint density at radius 1 is 1.22 bits per heavy atom. The lowest BCUT2D eigenvalue weighted by Gasteiger charge is -2.33. The minimum Gasteiger partial charge on any atom is -0.388 e. The third kappa shape index (κ3) is 3.33. The molecule has 0 aromatic heterocycles. The largest absolute Gasteiger partial charge is 0.388 e. The van der Waals surface area contributed by atoms with Crippen molar-refractivity contribution in [3.63, 3.8) is 0 Å². The Kier molecular flexibility index (Phi) is 3.79. The van der Waals surface area contributed by atoms with E-state index in [4.69, 9.17) is 0 Å². The van der Waals surface area contributed by atoms with Crippen molar-refractivity contribution in [3.05, 3.63) is 35.4 Å². The zero-order valence-electron chi connectivity index (χ0n) is 11.8. The van der Waals surface area contributed by atoms with Crippen molar-refractivity contribution in [2.75, 3.05) is 13.1 Å². The van der Waals surface area contributed by atoms with Gasteiger partial charge in [0.1, 0.15) is 0 Å². The molecule has 1 aromatic rings. The van der Waals surface area contributed by atoms with Crippen LogP contribution in [0.5, 0.6) is 0 Å². The Bertz CT molecular complexity index is 383. The van der Waals surface area contributed by atoms with Gasteiger partial charge < -0.3 is 10.4 Å². The van der Waals surface area contributed by atoms with Gasteiger partial charge in [-0.3, -0.25) is 0 Å². The molecule has 1 fully saturated rings. The molecule has 0 saturated carbocycles. The highest BCUT2D eigenvalue weighted by molar-refractivity contribution is 5.28. The quantitative estimate of drug-likeness (QED) is 0.842. The second kappa shape index (κ2) is 5.02. The van der Waals surface area contributed by atoms with Gasteiger partial charge in [-0.25, -0.2) is 0 Å². The fourth-order valence-electron chi connectivity index (χ4n) is 2.61. The first-order chi connectivity index (χ1) is 8.39. The van der Waals surface area contributed by atoms with E-state index in [2.05, 4.69) is 50.4 Å². The summed E-state index contributed by atoms with van der Waals surface area (Å²) in [5, 5.41) is 13.8. The van der Waals surface area contributed by atoms with E-state index in [-0.39, 0.29) is 5.41 Å². The van der Waals surface area contributed by atoms with E-state index in [1.165, 1.54) is 11.1 Å². The van der Waals surface area contributed by atoms with Gasteiger partial charge >= 0.3 is 0 Å². The smallest absolute Gasteiger partial charge is 0.0812 e. The maximum atomic E-state index is 10.5. The van der Waals surface area contributed by atoms with Gasteiger partial charge in [0.25, 0.3) is 0 Å². The van der Waals surface area contributed by atoms with E-state index in [9.17, 15) is 5.11 Å². The zero-order valence-corrected chi connectivity index (χ0v) is 11.8. The number of nitrogens with one attached hydrogen (secondary N) is 1. The number of rotatable bonds is 2. The van der Waals surface area contributed by atoms with E-state index in [0.717, 1.165) is 25.8 Å². The van der Waals surface area contributed by atoms with Gasteiger partial charge in [-0.15, -0.1) is 0 Å². The van der Waals surface area contributed by atoms with Crippen LogP contribution in [-0.4, -0.2) is 23.8 Å². The molecule has 1 aromatic carbocycles. The number of aliphatic hydroxyl groups is 1. The van der Waals surface area contributed by atoms with E-state index in [0.29, 0.717) is 6.54 Å². The molecule has 2 heteroatoms. The summed E-state index contributed by atoms with van der Waals surface area (Å²) in [6.07, 6.45) is 2.72. The van der Waals surface area contributed by atoms with Crippen LogP contribution in [0.2, 0.25) is 0 Å². The Morgan fingerprint density at radius 2 is 1.89 bits per heavy atom. The molecule has 0 amide bonds. The molecule has 0 spiro atoms. The summed E-state index contributed by atoms with van der Waals surface area (Å²) in [4.78, 5) is 0. The average Bonchev–Trinajstić information content (AvgIpc) is 2.29. The molecule has 2 rings (SSSR count). The molecule has 1 atom stereocenters. The van der Waals surface area contributed by atoms with Crippen molar-refractivity contribution in [3.8, 4) is 0 Å². The summed E-state index contributed by atoms with van der Waals surface area (Å²) in [5.74, 6) is 0. The third-order valence-corrected chi connectivity index (χ3v) is 3.80. The molecule has 1 aliphatic heterocycles. The fourth-order valence-corrected chi connectivity index (χ4v) is 2.61. The molecular formula is C16H25NO. The Morgan fingerprint density at radius 3 is 2.39 bits per heavy atom. The molecule has 1 saturated heterocycles. The highest BCUT2D eigenvalue weighted by atomic mass is 16.3. The van der Waals surface area contributed by atoms with Crippen LogP contribution in [0.25, 0.3) is 0 Å². The summed E-state index contributed by atoms with van der Waals surface area (Å²) in [6, 6.07) is 8.70. The van der Waals surface area contributed by atoms with Gasteiger partial charge in [-0.2, -0.15) is 0 Å². The van der Waals surface area contributed by atoms with Crippen molar-refractivity contribution >= 4 is 0 Å². The number of hydrogen-bond acceptors (Lipinski definition) is 2. The second-order valence-corrected chi connectivity index (χ2v) is 6.63. The standard InChI is InChI=1S/C16H25NO/c1-15(2,3)14-7-5-13(6-8-14)11-16(18)9-4-10-17-12-16/h5-8,17-18H,4,9-12H2,1-3H3. The molecule has 0 aliphatic carbocycles. The zero-order chi connectivity index (χ0) is 13.2. The highest BCUT2D eigenvalue weighted by Gasteiger charge is 2.29. The second-order valence-electron chi connectivity index (χ2n) is 6.63. The van der Waals surface area contributed by atoms with Crippen molar-refractivity contribution in [2.24, 2.45) is 0 Å². The Balaban J connectivity index is 2.06. The maximum absolute atomic E-state index is 10.5. The summed E-state index contributed by atoms with van der Waals surface area (Å²) < 4.78 is 0. The van der Waals surface area contributed by atoms with Crippen molar-refractivity contribution in [1.29, 1.82) is 0 Å². The normalized spacial score (nSPS) is 25.1. The molecule has 100 valence electrons. The average molecular weight is 247 g/mol. The maximum Gasteiger partial charge on any atom is 0.0812 e. The molecule has 0 bridgehead atoms. The van der Waals surface area contributed by atoms with E-state index < -0.39 is 5.60 Å². The SMILES string of the molecule is CC(C)(C)c1ccc(CC2(O)CCCNC2)cc1. The van der Waals surface area contributed by atoms with Gasteiger partial charge in [0.15, 0.2) is 0 Å². The number of piperidine rings is 1. The minimum atomic E-state index is -0.554. The van der Waals surface area contributed by atoms with Gasteiger partial charge in [0.2, 0.25) is 0 Å². The van der Waals surface area contributed by atoms with Crippen LogP contribution in [0.1, 0.15) is 44.7 Å². The topological polar surface area (TPSA) is 32.3 Å². The first-order valence-corrected chi connectivity index (χ1v) is 6.92. The lowest BCUT2D eigenvalue weighted by atomic mass is 9.84. The Labute approximate surface area is 110 Å². The van der Waals surface area contributed by atoms with Gasteiger partial charge in [-0.05, 0) is 35.9 Å². The predicted octanol–water partition coefficient (Wildman–Crippen LogP) is 2.64. The lowest BCUT2D eigenvalue weighted by molar-refractivity contribution is 0.0169. The van der Waals surface area contributed by atoms with Crippen LogP contribution in [-0.2, 0) is 11.8 Å². The van der Waals surface area contributed by atoms with Crippen LogP contribution < -0.4 is 5.32 Å². The Hall–Kier alpha value is -0.860. The van der Waals surface area contributed by atoms with Crippen LogP contribution in [0, 0.1) is 0 Å². The predicted molar refractivity (Wildman–Crippen MR) is 75.9 cm³/mol. The van der Waals surface area contributed by atoms with E-state index in [1.54, 1.807) is 0 Å². The summed E-state index contributed by atoms with van der Waals surface area (Å²) >= 11 is 0. The molecule has 1 heterocycles. The lowest BCUT2D eigenvalue weighted by Crippen LogP contribution is -2.47. The van der Waals surface area contributed by atoms with Crippen LogP contribution in [0.3, 0.4) is 0 Å². The highest BCUT2D eigenvalue weighted by Crippen LogP contribution is 2.25. The van der Waals surface area contributed by atoms with Crippen LogP contribution >= 0.6 is 0 Å². The fraction of sp³-hybridized carbons (Fsp3) is 0.625. The van der Waals surface area contributed by atoms with Gasteiger partial charge in [-0.1, -0.05) is 45.0 Å². The van der Waals surface area contributed by atoms with Crippen molar-refractivity contribution in [1.82, 2.24) is 5.32 Å². The number of hydrogen-bond donors (Lipinski definition) is 2. The first-order valence-electron chi connectivity index (χ1n) is 6.92. The summed E-state index contributed by atoms with van der Waals surface area (Å²) in [6.45, 7) is 8.42. The summed E-state index contributed by atoms with van der Waals surface area (Å²) in [5.41, 5.74) is 2.22.